The molecule has 1 aromatic rings. The van der Waals surface area contributed by atoms with Gasteiger partial charge in [-0.25, -0.2) is 0 Å². The summed E-state index contributed by atoms with van der Waals surface area (Å²) < 4.78 is 5.08. The molecule has 0 heterocycles. The molecule has 0 aliphatic carbocycles. The molecule has 0 radical (unpaired) electrons. The SMILES string of the molecule is CNCCCc1ccc(OC)c(Cl)c1. The van der Waals surface area contributed by atoms with Gasteiger partial charge in [0.25, 0.3) is 0 Å². The number of aryl methyl sites for hydroxylation is 1. The van der Waals surface area contributed by atoms with E-state index < -0.39 is 0 Å². The Morgan fingerprint density at radius 2 is 2.21 bits per heavy atom. The summed E-state index contributed by atoms with van der Waals surface area (Å²) in [6.07, 6.45) is 2.17. The molecule has 1 rings (SSSR count). The Kier molecular flexibility index (Phi) is 4.77. The summed E-state index contributed by atoms with van der Waals surface area (Å²) in [6, 6.07) is 5.94. The van der Waals surface area contributed by atoms with Gasteiger partial charge in [-0.05, 0) is 44.1 Å². The van der Waals surface area contributed by atoms with Crippen LogP contribution < -0.4 is 10.1 Å². The lowest BCUT2D eigenvalue weighted by molar-refractivity contribution is 0.415. The molecular formula is C11H16ClNO. The van der Waals surface area contributed by atoms with Gasteiger partial charge in [-0.3, -0.25) is 0 Å². The van der Waals surface area contributed by atoms with Gasteiger partial charge < -0.3 is 10.1 Å². The minimum absolute atomic E-state index is 0.689. The molecule has 0 atom stereocenters. The van der Waals surface area contributed by atoms with Crippen LogP contribution >= 0.6 is 11.6 Å². The van der Waals surface area contributed by atoms with Crippen LogP contribution in [0.25, 0.3) is 0 Å². The summed E-state index contributed by atoms with van der Waals surface area (Å²) in [5, 5.41) is 3.81. The molecule has 0 saturated carbocycles. The Morgan fingerprint density at radius 1 is 1.43 bits per heavy atom. The number of halogens is 1. The van der Waals surface area contributed by atoms with E-state index in [1.54, 1.807) is 7.11 Å². The first kappa shape index (κ1) is 11.3. The van der Waals surface area contributed by atoms with Crippen molar-refractivity contribution in [2.45, 2.75) is 12.8 Å². The third-order valence-corrected chi connectivity index (χ3v) is 2.40. The molecule has 1 aromatic carbocycles. The third kappa shape index (κ3) is 3.20. The number of benzene rings is 1. The van der Waals surface area contributed by atoms with Gasteiger partial charge in [-0.15, -0.1) is 0 Å². The first-order chi connectivity index (χ1) is 6.77. The zero-order valence-corrected chi connectivity index (χ0v) is 9.40. The lowest BCUT2D eigenvalue weighted by Crippen LogP contribution is -2.08. The van der Waals surface area contributed by atoms with Gasteiger partial charge >= 0.3 is 0 Å². The monoisotopic (exact) mass is 213 g/mol. The molecule has 0 fully saturated rings. The second-order valence-corrected chi connectivity index (χ2v) is 3.58. The van der Waals surface area contributed by atoms with Gasteiger partial charge in [0.1, 0.15) is 5.75 Å². The molecule has 78 valence electrons. The van der Waals surface area contributed by atoms with E-state index in [1.165, 1.54) is 5.56 Å². The van der Waals surface area contributed by atoms with E-state index in [1.807, 2.05) is 19.2 Å². The first-order valence-corrected chi connectivity index (χ1v) is 5.12. The molecule has 0 aliphatic rings. The zero-order chi connectivity index (χ0) is 10.4. The summed E-state index contributed by atoms with van der Waals surface area (Å²) in [5.41, 5.74) is 1.26. The second-order valence-electron chi connectivity index (χ2n) is 3.18. The molecule has 1 N–H and O–H groups in total. The van der Waals surface area contributed by atoms with E-state index in [-0.39, 0.29) is 0 Å². The smallest absolute Gasteiger partial charge is 0.137 e. The van der Waals surface area contributed by atoms with Gasteiger partial charge in [0, 0.05) is 0 Å². The summed E-state index contributed by atoms with van der Waals surface area (Å²) in [5.74, 6) is 0.740. The van der Waals surface area contributed by atoms with E-state index in [4.69, 9.17) is 16.3 Å². The Morgan fingerprint density at radius 3 is 2.79 bits per heavy atom. The maximum atomic E-state index is 6.00. The average molecular weight is 214 g/mol. The van der Waals surface area contributed by atoms with E-state index in [9.17, 15) is 0 Å². The van der Waals surface area contributed by atoms with Crippen LogP contribution in [0.1, 0.15) is 12.0 Å². The quantitative estimate of drug-likeness (QED) is 0.759. The van der Waals surface area contributed by atoms with Crippen molar-refractivity contribution in [1.29, 1.82) is 0 Å². The topological polar surface area (TPSA) is 21.3 Å². The van der Waals surface area contributed by atoms with E-state index >= 15 is 0 Å². The Bertz CT molecular complexity index is 289. The average Bonchev–Trinajstić information content (AvgIpc) is 2.18. The third-order valence-electron chi connectivity index (χ3n) is 2.11. The fourth-order valence-corrected chi connectivity index (χ4v) is 1.61. The number of ether oxygens (including phenoxy) is 1. The molecule has 0 spiro atoms. The van der Waals surface area contributed by atoms with Gasteiger partial charge in [0.2, 0.25) is 0 Å². The fourth-order valence-electron chi connectivity index (χ4n) is 1.33. The minimum Gasteiger partial charge on any atom is -0.495 e. The highest BCUT2D eigenvalue weighted by molar-refractivity contribution is 6.32. The molecule has 0 unspecified atom stereocenters. The summed E-state index contributed by atoms with van der Waals surface area (Å²) in [6.45, 7) is 1.03. The molecule has 0 aliphatic heterocycles. The predicted octanol–water partition coefficient (Wildman–Crippen LogP) is 2.50. The van der Waals surface area contributed by atoms with E-state index in [0.29, 0.717) is 5.02 Å². The number of hydrogen-bond acceptors (Lipinski definition) is 2. The maximum absolute atomic E-state index is 6.00. The predicted molar refractivity (Wildman–Crippen MR) is 60.3 cm³/mol. The van der Waals surface area contributed by atoms with Crippen molar-refractivity contribution in [3.63, 3.8) is 0 Å². The molecule has 0 saturated heterocycles. The maximum Gasteiger partial charge on any atom is 0.137 e. The van der Waals surface area contributed by atoms with Crippen LogP contribution in [0.5, 0.6) is 5.75 Å². The van der Waals surface area contributed by atoms with Gasteiger partial charge in [-0.2, -0.15) is 0 Å². The van der Waals surface area contributed by atoms with Gasteiger partial charge in [0.15, 0.2) is 0 Å². The second kappa shape index (κ2) is 5.89. The first-order valence-electron chi connectivity index (χ1n) is 4.75. The normalized spacial score (nSPS) is 10.2. The fraction of sp³-hybridized carbons (Fsp3) is 0.455. The van der Waals surface area contributed by atoms with Crippen molar-refractivity contribution in [2.75, 3.05) is 20.7 Å². The van der Waals surface area contributed by atoms with E-state index in [0.717, 1.165) is 25.1 Å². The van der Waals surface area contributed by atoms with Crippen LogP contribution in [0.15, 0.2) is 18.2 Å². The van der Waals surface area contributed by atoms with Crippen molar-refractivity contribution in [1.82, 2.24) is 5.32 Å². The molecule has 2 nitrogen and oxygen atoms in total. The summed E-state index contributed by atoms with van der Waals surface area (Å²) >= 11 is 6.00. The summed E-state index contributed by atoms with van der Waals surface area (Å²) in [7, 11) is 3.59. The van der Waals surface area contributed by atoms with Crippen LogP contribution in [0.3, 0.4) is 0 Å². The molecule has 14 heavy (non-hydrogen) atoms. The number of nitrogens with one attached hydrogen (secondary N) is 1. The summed E-state index contributed by atoms with van der Waals surface area (Å²) in [4.78, 5) is 0. The molecule has 0 amide bonds. The van der Waals surface area contributed by atoms with Crippen molar-refractivity contribution >= 4 is 11.6 Å². The molecular weight excluding hydrogens is 198 g/mol. The zero-order valence-electron chi connectivity index (χ0n) is 8.64. The van der Waals surface area contributed by atoms with Crippen LogP contribution in [0.2, 0.25) is 5.02 Å². The Balaban J connectivity index is 2.57. The van der Waals surface area contributed by atoms with Crippen molar-refractivity contribution in [2.24, 2.45) is 0 Å². The molecule has 3 heteroatoms. The van der Waals surface area contributed by atoms with Gasteiger partial charge in [-0.1, -0.05) is 17.7 Å². The number of methoxy groups -OCH3 is 1. The molecule has 0 aromatic heterocycles. The van der Waals surface area contributed by atoms with Gasteiger partial charge in [0.05, 0.1) is 12.1 Å². The molecule has 0 bridgehead atoms. The minimum atomic E-state index is 0.689. The Hall–Kier alpha value is -0.730. The standard InChI is InChI=1S/C11H16ClNO/c1-13-7-3-4-9-5-6-11(14-2)10(12)8-9/h5-6,8,13H,3-4,7H2,1-2H3. The highest BCUT2D eigenvalue weighted by Crippen LogP contribution is 2.25. The number of rotatable bonds is 5. The van der Waals surface area contributed by atoms with Crippen molar-refractivity contribution < 1.29 is 4.74 Å². The van der Waals surface area contributed by atoms with E-state index in [2.05, 4.69) is 11.4 Å². The van der Waals surface area contributed by atoms with Crippen LogP contribution in [0.4, 0.5) is 0 Å². The van der Waals surface area contributed by atoms with Crippen molar-refractivity contribution in [3.8, 4) is 5.75 Å². The van der Waals surface area contributed by atoms with Crippen LogP contribution in [-0.4, -0.2) is 20.7 Å². The van der Waals surface area contributed by atoms with Crippen LogP contribution in [-0.2, 0) is 6.42 Å². The highest BCUT2D eigenvalue weighted by Gasteiger charge is 2.01. The lowest BCUT2D eigenvalue weighted by Gasteiger charge is -2.05. The highest BCUT2D eigenvalue weighted by atomic mass is 35.5. The van der Waals surface area contributed by atoms with Crippen molar-refractivity contribution in [3.05, 3.63) is 28.8 Å². The van der Waals surface area contributed by atoms with Crippen LogP contribution in [0, 0.1) is 0 Å². The Labute approximate surface area is 90.2 Å². The number of hydrogen-bond donors (Lipinski definition) is 1. The lowest BCUT2D eigenvalue weighted by atomic mass is 10.1. The largest absolute Gasteiger partial charge is 0.495 e.